The quantitative estimate of drug-likeness (QED) is 0.333. The number of alkyl halides is 3. The molecule has 192 valence electrons. The van der Waals surface area contributed by atoms with E-state index in [-0.39, 0.29) is 24.0 Å². The van der Waals surface area contributed by atoms with Crippen LogP contribution in [0.15, 0.2) is 42.5 Å². The molecule has 2 aromatic carbocycles. The first kappa shape index (κ1) is 27.0. The second-order valence-corrected chi connectivity index (χ2v) is 8.63. The Morgan fingerprint density at radius 2 is 1.94 bits per heavy atom. The molecular weight excluding hydrogens is 492 g/mol. The van der Waals surface area contributed by atoms with Crippen LogP contribution in [0, 0.1) is 5.82 Å². The molecule has 0 spiro atoms. The molecule has 1 N–H and O–H groups in total. The van der Waals surface area contributed by atoms with Crippen LogP contribution in [0.4, 0.5) is 28.0 Å². The molecule has 0 saturated carbocycles. The van der Waals surface area contributed by atoms with E-state index in [0.29, 0.717) is 31.1 Å². The third-order valence-corrected chi connectivity index (χ3v) is 5.86. The Hall–Kier alpha value is -2.56. The van der Waals surface area contributed by atoms with Gasteiger partial charge in [0.1, 0.15) is 6.61 Å². The summed E-state index contributed by atoms with van der Waals surface area (Å²) in [6.45, 7) is 0.690. The van der Waals surface area contributed by atoms with Gasteiger partial charge in [0.25, 0.3) is 0 Å². The second kappa shape index (κ2) is 12.4. The molecule has 2 aromatic rings. The summed E-state index contributed by atoms with van der Waals surface area (Å²) < 4.78 is 70.2. The molecule has 11 heteroatoms. The summed E-state index contributed by atoms with van der Waals surface area (Å²) in [5, 5.41) is 2.70. The average Bonchev–Trinajstić information content (AvgIpc) is 2.81. The van der Waals surface area contributed by atoms with Gasteiger partial charge >= 0.3 is 12.3 Å². The fourth-order valence-electron chi connectivity index (χ4n) is 3.86. The zero-order chi connectivity index (χ0) is 25.4. The Labute approximate surface area is 206 Å². The molecular formula is C24H27ClF4N2O4. The van der Waals surface area contributed by atoms with E-state index < -0.39 is 30.7 Å². The van der Waals surface area contributed by atoms with Gasteiger partial charge in [-0.2, -0.15) is 13.2 Å². The zero-order valence-electron chi connectivity index (χ0n) is 19.1. The van der Waals surface area contributed by atoms with Crippen LogP contribution < -0.4 is 10.1 Å². The largest absolute Gasteiger partial charge is 0.488 e. The molecule has 1 amide bonds. The molecule has 3 rings (SSSR count). The van der Waals surface area contributed by atoms with Gasteiger partial charge < -0.3 is 14.2 Å². The van der Waals surface area contributed by atoms with Gasteiger partial charge in [0, 0.05) is 30.9 Å². The summed E-state index contributed by atoms with van der Waals surface area (Å²) in [4.78, 5) is 13.7. The summed E-state index contributed by atoms with van der Waals surface area (Å²) in [5.41, 5.74) is 1.03. The Morgan fingerprint density at radius 3 is 2.63 bits per heavy atom. The number of piperidine rings is 1. The highest BCUT2D eigenvalue weighted by Gasteiger charge is 2.44. The Bertz CT molecular complexity index is 975. The third-order valence-electron chi connectivity index (χ3n) is 5.61. The van der Waals surface area contributed by atoms with Crippen LogP contribution in [0.3, 0.4) is 0 Å². The molecule has 1 heterocycles. The highest BCUT2D eigenvalue weighted by atomic mass is 35.5. The van der Waals surface area contributed by atoms with Crippen molar-refractivity contribution in [3.8, 4) is 5.75 Å². The van der Waals surface area contributed by atoms with E-state index >= 15 is 0 Å². The highest BCUT2D eigenvalue weighted by Crippen LogP contribution is 2.32. The smallest absolute Gasteiger partial charge is 0.426 e. The Kier molecular flexibility index (Phi) is 9.59. The third kappa shape index (κ3) is 8.26. The van der Waals surface area contributed by atoms with Crippen molar-refractivity contribution in [1.82, 2.24) is 4.90 Å². The van der Waals surface area contributed by atoms with Crippen molar-refractivity contribution in [3.63, 3.8) is 0 Å². The Balaban J connectivity index is 1.63. The van der Waals surface area contributed by atoms with E-state index in [4.69, 9.17) is 25.8 Å². The summed E-state index contributed by atoms with van der Waals surface area (Å²) in [6, 6.07) is 10.4. The number of carbonyl (C=O) groups is 1. The van der Waals surface area contributed by atoms with E-state index in [9.17, 15) is 22.4 Å². The predicted octanol–water partition coefficient (Wildman–Crippen LogP) is 5.86. The first-order valence-corrected chi connectivity index (χ1v) is 11.5. The van der Waals surface area contributed by atoms with Crippen LogP contribution in [0.5, 0.6) is 5.75 Å². The maximum atomic E-state index is 14.1. The van der Waals surface area contributed by atoms with Gasteiger partial charge in [-0.1, -0.05) is 17.7 Å². The van der Waals surface area contributed by atoms with Gasteiger partial charge in [0.2, 0.25) is 6.10 Å². The molecule has 1 aliphatic heterocycles. The number of amides is 1. The topological polar surface area (TPSA) is 60.0 Å². The highest BCUT2D eigenvalue weighted by molar-refractivity contribution is 6.30. The van der Waals surface area contributed by atoms with E-state index in [1.54, 1.807) is 17.0 Å². The lowest BCUT2D eigenvalue weighted by Crippen LogP contribution is -2.47. The van der Waals surface area contributed by atoms with Crippen LogP contribution in [0.1, 0.15) is 24.3 Å². The van der Waals surface area contributed by atoms with Crippen LogP contribution in [0.2, 0.25) is 5.02 Å². The molecule has 1 aliphatic rings. The van der Waals surface area contributed by atoms with Crippen molar-refractivity contribution >= 4 is 23.4 Å². The maximum absolute atomic E-state index is 14.1. The molecule has 0 aromatic heterocycles. The average molecular weight is 519 g/mol. The molecule has 0 aliphatic carbocycles. The molecule has 35 heavy (non-hydrogen) atoms. The van der Waals surface area contributed by atoms with Crippen LogP contribution in [-0.2, 0) is 9.47 Å². The lowest BCUT2D eigenvalue weighted by molar-refractivity contribution is -0.207. The zero-order valence-corrected chi connectivity index (χ0v) is 19.9. The fourth-order valence-corrected chi connectivity index (χ4v) is 3.99. The van der Waals surface area contributed by atoms with Gasteiger partial charge in [0.05, 0.1) is 6.61 Å². The molecule has 2 atom stereocenters. The summed E-state index contributed by atoms with van der Waals surface area (Å²) in [6.07, 6.45) is -6.89. The number of hydrogen-bond acceptors (Lipinski definition) is 5. The second-order valence-electron chi connectivity index (χ2n) is 8.20. The molecule has 0 radical (unpaired) electrons. The number of ether oxygens (including phenoxy) is 3. The maximum Gasteiger partial charge on any atom is 0.426 e. The van der Waals surface area contributed by atoms with Gasteiger partial charge in [-0.3, -0.25) is 10.2 Å². The normalized spacial score (nSPS) is 17.6. The Morgan fingerprint density at radius 1 is 1.20 bits per heavy atom. The first-order chi connectivity index (χ1) is 16.7. The van der Waals surface area contributed by atoms with Gasteiger partial charge in [-0.15, -0.1) is 0 Å². The number of methoxy groups -OCH3 is 1. The number of carbonyl (C=O) groups excluding carboxylic acids is 1. The van der Waals surface area contributed by atoms with Crippen molar-refractivity contribution in [3.05, 3.63) is 58.9 Å². The summed E-state index contributed by atoms with van der Waals surface area (Å²) in [5.74, 6) is -0.562. The molecule has 6 nitrogen and oxygen atoms in total. The number of nitrogens with one attached hydrogen (secondary N) is 1. The predicted molar refractivity (Wildman–Crippen MR) is 124 cm³/mol. The van der Waals surface area contributed by atoms with E-state index in [0.717, 1.165) is 12.0 Å². The van der Waals surface area contributed by atoms with E-state index in [1.807, 2.05) is 0 Å². The molecule has 1 unspecified atom stereocenters. The molecule has 1 fully saturated rings. The number of anilines is 1. The van der Waals surface area contributed by atoms with Crippen molar-refractivity contribution in [2.24, 2.45) is 0 Å². The van der Waals surface area contributed by atoms with E-state index in [2.05, 4.69) is 5.32 Å². The lowest BCUT2D eigenvalue weighted by Gasteiger charge is -2.35. The number of hydrogen-bond donors (Lipinski definition) is 1. The first-order valence-electron chi connectivity index (χ1n) is 11.1. The van der Waals surface area contributed by atoms with Crippen LogP contribution >= 0.6 is 11.6 Å². The number of nitrogens with zero attached hydrogens (tertiary/aromatic N) is 1. The van der Waals surface area contributed by atoms with Crippen molar-refractivity contribution in [2.45, 2.75) is 31.0 Å². The van der Waals surface area contributed by atoms with E-state index in [1.165, 1.54) is 37.4 Å². The SMILES string of the molecule is COCCOc1cc([C@H]2CCCN(CC(OC(=O)Nc3ccc(Cl)cc3)C(F)(F)F)C2)ccc1F. The van der Waals surface area contributed by atoms with Crippen LogP contribution in [-0.4, -0.2) is 63.2 Å². The number of halogens is 5. The summed E-state index contributed by atoms with van der Waals surface area (Å²) >= 11 is 5.77. The summed E-state index contributed by atoms with van der Waals surface area (Å²) in [7, 11) is 1.51. The van der Waals surface area contributed by atoms with Gasteiger partial charge in [-0.05, 0) is 67.3 Å². The minimum Gasteiger partial charge on any atom is -0.488 e. The fraction of sp³-hybridized carbons (Fsp3) is 0.458. The number of benzene rings is 2. The minimum absolute atomic E-state index is 0.0760. The molecule has 0 bridgehead atoms. The van der Waals surface area contributed by atoms with Gasteiger partial charge in [-0.25, -0.2) is 9.18 Å². The minimum atomic E-state index is -4.75. The van der Waals surface area contributed by atoms with Gasteiger partial charge in [0.15, 0.2) is 11.6 Å². The number of likely N-dealkylation sites (tertiary alicyclic amines) is 1. The number of rotatable bonds is 9. The lowest BCUT2D eigenvalue weighted by atomic mass is 9.90. The van der Waals surface area contributed by atoms with Crippen molar-refractivity contribution in [2.75, 3.05) is 45.3 Å². The standard InChI is InChI=1S/C24H27ClF4N2O4/c1-33-11-12-34-21-13-16(4-9-20(21)26)17-3-2-10-31(14-17)15-22(24(27,28)29)35-23(32)30-19-7-5-18(25)6-8-19/h4-9,13,17,22H,2-3,10-12,14-15H2,1H3,(H,30,32)/t17-,22?/m0/s1. The van der Waals surface area contributed by atoms with Crippen molar-refractivity contribution < 1.29 is 36.6 Å². The monoisotopic (exact) mass is 518 g/mol. The molecule has 1 saturated heterocycles. The van der Waals surface area contributed by atoms with Crippen LogP contribution in [0.25, 0.3) is 0 Å². The van der Waals surface area contributed by atoms with Crippen molar-refractivity contribution in [1.29, 1.82) is 0 Å².